The summed E-state index contributed by atoms with van der Waals surface area (Å²) in [5.41, 5.74) is 2.86. The van der Waals surface area contributed by atoms with Gasteiger partial charge < -0.3 is 14.8 Å². The Kier molecular flexibility index (Phi) is 7.72. The molecule has 1 fully saturated rings. The van der Waals surface area contributed by atoms with Crippen molar-refractivity contribution in [3.8, 4) is 5.75 Å². The molecule has 27 heavy (non-hydrogen) atoms. The molecule has 1 atom stereocenters. The van der Waals surface area contributed by atoms with Crippen LogP contribution in [-0.4, -0.2) is 25.9 Å². The Balaban J connectivity index is 0.00000261. The zero-order chi connectivity index (χ0) is 18.5. The van der Waals surface area contributed by atoms with Crippen LogP contribution in [0.15, 0.2) is 54.6 Å². The molecule has 3 rings (SSSR count). The minimum atomic E-state index is -0.0654. The van der Waals surface area contributed by atoms with Gasteiger partial charge in [0, 0.05) is 18.6 Å². The number of benzene rings is 2. The molecule has 0 spiro atoms. The van der Waals surface area contributed by atoms with Crippen LogP contribution in [0.5, 0.6) is 5.75 Å². The van der Waals surface area contributed by atoms with Gasteiger partial charge in [-0.1, -0.05) is 42.5 Å². The van der Waals surface area contributed by atoms with Gasteiger partial charge in [0.25, 0.3) is 0 Å². The van der Waals surface area contributed by atoms with Gasteiger partial charge in [0.2, 0.25) is 0 Å². The second-order valence-electron chi connectivity index (χ2n) is 7.96. The highest BCUT2D eigenvalue weighted by Gasteiger charge is 2.41. The fraction of sp³-hybridized carbons (Fsp3) is 0.478. The highest BCUT2D eigenvalue weighted by atomic mass is 35.5. The van der Waals surface area contributed by atoms with E-state index in [2.05, 4.69) is 61.6 Å². The van der Waals surface area contributed by atoms with Crippen LogP contribution in [0.3, 0.4) is 0 Å². The van der Waals surface area contributed by atoms with Crippen LogP contribution in [0, 0.1) is 0 Å². The van der Waals surface area contributed by atoms with Crippen LogP contribution >= 0.6 is 12.4 Å². The molecule has 1 unspecified atom stereocenters. The summed E-state index contributed by atoms with van der Waals surface area (Å²) in [7, 11) is 1.70. The maximum Gasteiger partial charge on any atom is 0.118 e. The molecule has 1 aliphatic heterocycles. The number of halogens is 1. The van der Waals surface area contributed by atoms with Crippen molar-refractivity contribution in [1.29, 1.82) is 0 Å². The number of rotatable bonds is 7. The van der Waals surface area contributed by atoms with Crippen molar-refractivity contribution >= 4 is 12.4 Å². The minimum Gasteiger partial charge on any atom is -0.497 e. The van der Waals surface area contributed by atoms with Crippen molar-refractivity contribution in [3.63, 3.8) is 0 Å². The smallest absolute Gasteiger partial charge is 0.118 e. The lowest BCUT2D eigenvalue weighted by atomic mass is 9.67. The van der Waals surface area contributed by atoms with Crippen molar-refractivity contribution in [3.05, 3.63) is 65.7 Å². The fourth-order valence-electron chi connectivity index (χ4n) is 4.18. The quantitative estimate of drug-likeness (QED) is 0.666. The van der Waals surface area contributed by atoms with Crippen LogP contribution in [0.4, 0.5) is 0 Å². The fourth-order valence-corrected chi connectivity index (χ4v) is 4.18. The van der Waals surface area contributed by atoms with Gasteiger partial charge in [0.15, 0.2) is 0 Å². The summed E-state index contributed by atoms with van der Waals surface area (Å²) in [6, 6.07) is 19.3. The van der Waals surface area contributed by atoms with Crippen LogP contribution < -0.4 is 10.1 Å². The topological polar surface area (TPSA) is 30.5 Å². The summed E-state index contributed by atoms with van der Waals surface area (Å²) in [6.45, 7) is 7.15. The molecule has 0 bridgehead atoms. The van der Waals surface area contributed by atoms with Crippen LogP contribution in [0.2, 0.25) is 0 Å². The zero-order valence-corrected chi connectivity index (χ0v) is 17.5. The normalized spacial score (nSPS) is 21.3. The Bertz CT molecular complexity index is 687. The Morgan fingerprint density at radius 1 is 1.04 bits per heavy atom. The third-order valence-corrected chi connectivity index (χ3v) is 5.49. The first-order valence-corrected chi connectivity index (χ1v) is 9.56. The molecule has 1 saturated heterocycles. The molecule has 0 aliphatic carbocycles. The van der Waals surface area contributed by atoms with Crippen molar-refractivity contribution in [2.45, 2.75) is 50.7 Å². The highest BCUT2D eigenvalue weighted by molar-refractivity contribution is 5.85. The molecule has 0 saturated carbocycles. The van der Waals surface area contributed by atoms with E-state index in [0.717, 1.165) is 44.7 Å². The monoisotopic (exact) mass is 389 g/mol. The van der Waals surface area contributed by atoms with Gasteiger partial charge in [-0.25, -0.2) is 0 Å². The molecule has 1 N–H and O–H groups in total. The molecule has 0 aromatic heterocycles. The van der Waals surface area contributed by atoms with Gasteiger partial charge >= 0.3 is 0 Å². The van der Waals surface area contributed by atoms with Gasteiger partial charge in [-0.2, -0.15) is 0 Å². The second-order valence-corrected chi connectivity index (χ2v) is 7.96. The van der Waals surface area contributed by atoms with E-state index >= 15 is 0 Å². The van der Waals surface area contributed by atoms with Gasteiger partial charge in [0.1, 0.15) is 5.75 Å². The third kappa shape index (κ3) is 5.71. The Morgan fingerprint density at radius 3 is 2.37 bits per heavy atom. The zero-order valence-electron chi connectivity index (χ0n) is 16.7. The molecule has 1 heterocycles. The Labute approximate surface area is 169 Å². The number of hydrogen-bond donors (Lipinski definition) is 1. The standard InChI is InChI=1S/C23H31NO2.ClH/c1-22(2)18-23(14-16-26-22,20-7-5-4-6-8-20)13-15-24-17-19-9-11-21(25-3)12-10-19;/h4-12,24H,13-18H2,1-3H3;1H. The largest absolute Gasteiger partial charge is 0.497 e. The van der Waals surface area contributed by atoms with Gasteiger partial charge in [-0.05, 0) is 62.9 Å². The second kappa shape index (κ2) is 9.59. The molecular weight excluding hydrogens is 358 g/mol. The van der Waals surface area contributed by atoms with E-state index < -0.39 is 0 Å². The first-order valence-electron chi connectivity index (χ1n) is 9.56. The lowest BCUT2D eigenvalue weighted by Crippen LogP contribution is -2.45. The van der Waals surface area contributed by atoms with Crippen LogP contribution in [0.1, 0.15) is 44.2 Å². The van der Waals surface area contributed by atoms with E-state index in [4.69, 9.17) is 9.47 Å². The average molecular weight is 390 g/mol. The van der Waals surface area contributed by atoms with Crippen LogP contribution in [-0.2, 0) is 16.7 Å². The number of hydrogen-bond acceptors (Lipinski definition) is 3. The van der Waals surface area contributed by atoms with Crippen molar-refractivity contribution in [1.82, 2.24) is 5.32 Å². The summed E-state index contributed by atoms with van der Waals surface area (Å²) < 4.78 is 11.2. The predicted molar refractivity (Wildman–Crippen MR) is 114 cm³/mol. The first-order chi connectivity index (χ1) is 12.5. The maximum atomic E-state index is 6.01. The maximum absolute atomic E-state index is 6.01. The number of ether oxygens (including phenoxy) is 2. The molecule has 0 radical (unpaired) electrons. The van der Waals surface area contributed by atoms with Crippen molar-refractivity contribution < 1.29 is 9.47 Å². The molecule has 3 nitrogen and oxygen atoms in total. The highest BCUT2D eigenvalue weighted by Crippen LogP contribution is 2.43. The van der Waals surface area contributed by atoms with E-state index in [1.54, 1.807) is 7.11 Å². The Morgan fingerprint density at radius 2 is 1.74 bits per heavy atom. The summed E-state index contributed by atoms with van der Waals surface area (Å²) in [5.74, 6) is 0.904. The molecule has 2 aromatic carbocycles. The van der Waals surface area contributed by atoms with Crippen molar-refractivity contribution in [2.24, 2.45) is 0 Å². The molecule has 148 valence electrons. The summed E-state index contributed by atoms with van der Waals surface area (Å²) in [6.07, 6.45) is 3.28. The first kappa shape index (κ1) is 21.7. The summed E-state index contributed by atoms with van der Waals surface area (Å²) in [4.78, 5) is 0. The van der Waals surface area contributed by atoms with E-state index in [-0.39, 0.29) is 23.4 Å². The van der Waals surface area contributed by atoms with Gasteiger partial charge in [-0.15, -0.1) is 12.4 Å². The average Bonchev–Trinajstić information content (AvgIpc) is 2.66. The minimum absolute atomic E-state index is 0. The predicted octanol–water partition coefficient (Wildman–Crippen LogP) is 5.12. The van der Waals surface area contributed by atoms with E-state index in [9.17, 15) is 0 Å². The van der Waals surface area contributed by atoms with Crippen molar-refractivity contribution in [2.75, 3.05) is 20.3 Å². The van der Waals surface area contributed by atoms with Gasteiger partial charge in [0.05, 0.1) is 12.7 Å². The molecule has 2 aromatic rings. The lowest BCUT2D eigenvalue weighted by Gasteiger charge is -2.45. The SMILES string of the molecule is COc1ccc(CNCCC2(c3ccccc3)CCOC(C)(C)C2)cc1.Cl. The Hall–Kier alpha value is -1.55. The molecule has 4 heteroatoms. The third-order valence-electron chi connectivity index (χ3n) is 5.49. The molecular formula is C23H32ClNO2. The summed E-state index contributed by atoms with van der Waals surface area (Å²) in [5, 5.41) is 3.63. The number of nitrogens with one attached hydrogen (secondary N) is 1. The summed E-state index contributed by atoms with van der Waals surface area (Å²) >= 11 is 0. The number of methoxy groups -OCH3 is 1. The van der Waals surface area contributed by atoms with Gasteiger partial charge in [-0.3, -0.25) is 0 Å². The lowest BCUT2D eigenvalue weighted by molar-refractivity contribution is -0.0840. The molecule has 0 amide bonds. The van der Waals surface area contributed by atoms with E-state index in [0.29, 0.717) is 0 Å². The molecule has 1 aliphatic rings. The van der Waals surface area contributed by atoms with E-state index in [1.165, 1.54) is 11.1 Å². The van der Waals surface area contributed by atoms with E-state index in [1.807, 2.05) is 12.1 Å². The van der Waals surface area contributed by atoms with Crippen LogP contribution in [0.25, 0.3) is 0 Å².